The van der Waals surface area contributed by atoms with Crippen LogP contribution in [0, 0.1) is 0 Å². The second-order valence-corrected chi connectivity index (χ2v) is 3.32. The lowest BCUT2D eigenvalue weighted by molar-refractivity contribution is 0.311. The smallest absolute Gasteiger partial charge is 0.145 e. The fourth-order valence-corrected chi connectivity index (χ4v) is 1.20. The number of likely N-dealkylation sites (N-methyl/N-ethyl adjacent to an activating group) is 1. The molecule has 2 rings (SSSR count). The van der Waals surface area contributed by atoms with Crippen molar-refractivity contribution in [2.24, 2.45) is 0 Å². The molecular formula is C11H18N2O. The van der Waals surface area contributed by atoms with E-state index in [0.29, 0.717) is 0 Å². The van der Waals surface area contributed by atoms with Gasteiger partial charge in [-0.3, -0.25) is 4.98 Å². The Hall–Kier alpha value is -1.25. The van der Waals surface area contributed by atoms with Gasteiger partial charge in [-0.25, -0.2) is 0 Å². The molecule has 2 heterocycles. The van der Waals surface area contributed by atoms with Crippen molar-refractivity contribution in [1.29, 1.82) is 0 Å². The number of hydrogen-bond acceptors (Lipinski definition) is 3. The van der Waals surface area contributed by atoms with Gasteiger partial charge in [0.2, 0.25) is 0 Å². The van der Waals surface area contributed by atoms with Gasteiger partial charge in [-0.15, -0.1) is 0 Å². The standard InChI is InChI=1S/C8H10N2O.C3H8/c1-10-4-5-11-8-2-3-9-6-7(8)10;1-3-2/h2-3,6H,4-5H2,1H3;3H2,1-2H3. The number of rotatable bonds is 0. The molecule has 0 aliphatic carbocycles. The number of nitrogens with zero attached hydrogens (tertiary/aromatic N) is 2. The molecule has 78 valence electrons. The number of fused-ring (bicyclic) bond motifs is 1. The van der Waals surface area contributed by atoms with E-state index in [-0.39, 0.29) is 0 Å². The van der Waals surface area contributed by atoms with E-state index in [1.807, 2.05) is 19.3 Å². The van der Waals surface area contributed by atoms with Crippen LogP contribution in [-0.4, -0.2) is 25.2 Å². The summed E-state index contributed by atoms with van der Waals surface area (Å²) in [6, 6.07) is 1.89. The number of anilines is 1. The van der Waals surface area contributed by atoms with Crippen LogP contribution in [0.4, 0.5) is 5.69 Å². The highest BCUT2D eigenvalue weighted by Crippen LogP contribution is 2.28. The van der Waals surface area contributed by atoms with Gasteiger partial charge in [0.1, 0.15) is 12.4 Å². The zero-order valence-electron chi connectivity index (χ0n) is 9.16. The maximum Gasteiger partial charge on any atom is 0.145 e. The van der Waals surface area contributed by atoms with Crippen LogP contribution < -0.4 is 9.64 Å². The quantitative estimate of drug-likeness (QED) is 0.633. The summed E-state index contributed by atoms with van der Waals surface area (Å²) in [4.78, 5) is 6.17. The van der Waals surface area contributed by atoms with Crippen LogP contribution in [-0.2, 0) is 0 Å². The fourth-order valence-electron chi connectivity index (χ4n) is 1.20. The molecule has 0 saturated carbocycles. The van der Waals surface area contributed by atoms with Crippen molar-refractivity contribution >= 4 is 5.69 Å². The van der Waals surface area contributed by atoms with Gasteiger partial charge in [0.05, 0.1) is 18.4 Å². The molecule has 3 heteroatoms. The highest BCUT2D eigenvalue weighted by Gasteiger charge is 2.13. The molecule has 0 saturated heterocycles. The van der Waals surface area contributed by atoms with Crippen molar-refractivity contribution in [3.63, 3.8) is 0 Å². The summed E-state index contributed by atoms with van der Waals surface area (Å²) in [5, 5.41) is 0. The molecule has 0 aromatic carbocycles. The molecule has 0 N–H and O–H groups in total. The first-order chi connectivity index (χ1) is 6.79. The topological polar surface area (TPSA) is 25.4 Å². The lowest BCUT2D eigenvalue weighted by atomic mass is 10.3. The highest BCUT2D eigenvalue weighted by molar-refractivity contribution is 5.57. The Morgan fingerprint density at radius 2 is 2.21 bits per heavy atom. The van der Waals surface area contributed by atoms with Gasteiger partial charge in [-0.1, -0.05) is 20.3 Å². The molecule has 0 atom stereocenters. The first kappa shape index (κ1) is 10.8. The third-order valence-electron chi connectivity index (χ3n) is 1.86. The number of aromatic nitrogens is 1. The van der Waals surface area contributed by atoms with Gasteiger partial charge in [-0.2, -0.15) is 0 Å². The lowest BCUT2D eigenvalue weighted by Gasteiger charge is -2.26. The molecular weight excluding hydrogens is 176 g/mol. The molecule has 1 aromatic rings. The van der Waals surface area contributed by atoms with Crippen molar-refractivity contribution in [3.8, 4) is 5.75 Å². The predicted molar refractivity (Wildman–Crippen MR) is 59.0 cm³/mol. The molecule has 1 aromatic heterocycles. The van der Waals surface area contributed by atoms with Crippen molar-refractivity contribution < 1.29 is 4.74 Å². The molecule has 0 radical (unpaired) electrons. The third-order valence-corrected chi connectivity index (χ3v) is 1.86. The van der Waals surface area contributed by atoms with Crippen molar-refractivity contribution in [3.05, 3.63) is 18.5 Å². The predicted octanol–water partition coefficient (Wildman–Crippen LogP) is 2.33. The number of pyridine rings is 1. The zero-order chi connectivity index (χ0) is 10.4. The lowest BCUT2D eigenvalue weighted by Crippen LogP contribution is -2.28. The SMILES string of the molecule is CCC.CN1CCOc2ccncc21. The minimum absolute atomic E-state index is 0.771. The minimum atomic E-state index is 0.771. The van der Waals surface area contributed by atoms with Gasteiger partial charge in [-0.05, 0) is 0 Å². The third kappa shape index (κ3) is 2.62. The zero-order valence-corrected chi connectivity index (χ0v) is 9.16. The van der Waals surface area contributed by atoms with Gasteiger partial charge < -0.3 is 9.64 Å². The van der Waals surface area contributed by atoms with Crippen LogP contribution in [0.15, 0.2) is 18.5 Å². The van der Waals surface area contributed by atoms with Gasteiger partial charge >= 0.3 is 0 Å². The van der Waals surface area contributed by atoms with Gasteiger partial charge in [0.15, 0.2) is 0 Å². The van der Waals surface area contributed by atoms with E-state index in [4.69, 9.17) is 4.74 Å². The van der Waals surface area contributed by atoms with E-state index in [0.717, 1.165) is 24.6 Å². The van der Waals surface area contributed by atoms with Crippen LogP contribution in [0.25, 0.3) is 0 Å². The summed E-state index contributed by atoms with van der Waals surface area (Å²) in [5.74, 6) is 0.939. The van der Waals surface area contributed by atoms with E-state index in [1.165, 1.54) is 6.42 Å². The van der Waals surface area contributed by atoms with Crippen LogP contribution in [0.5, 0.6) is 5.75 Å². The van der Waals surface area contributed by atoms with Crippen molar-refractivity contribution in [1.82, 2.24) is 4.98 Å². The van der Waals surface area contributed by atoms with Crippen LogP contribution >= 0.6 is 0 Å². The summed E-state index contributed by atoms with van der Waals surface area (Å²) in [6.45, 7) is 5.96. The van der Waals surface area contributed by atoms with E-state index >= 15 is 0 Å². The Bertz CT molecular complexity index is 276. The van der Waals surface area contributed by atoms with Crippen LogP contribution in [0.1, 0.15) is 20.3 Å². The Balaban J connectivity index is 0.000000293. The Morgan fingerprint density at radius 3 is 2.86 bits per heavy atom. The first-order valence-electron chi connectivity index (χ1n) is 5.07. The van der Waals surface area contributed by atoms with E-state index in [2.05, 4.69) is 23.7 Å². The van der Waals surface area contributed by atoms with Crippen LogP contribution in [0.2, 0.25) is 0 Å². The van der Waals surface area contributed by atoms with Crippen LogP contribution in [0.3, 0.4) is 0 Å². The van der Waals surface area contributed by atoms with E-state index < -0.39 is 0 Å². The van der Waals surface area contributed by atoms with Gasteiger partial charge in [0, 0.05) is 19.3 Å². The maximum atomic E-state index is 5.41. The Morgan fingerprint density at radius 1 is 1.50 bits per heavy atom. The average molecular weight is 194 g/mol. The minimum Gasteiger partial charge on any atom is -0.489 e. The number of ether oxygens (including phenoxy) is 1. The molecule has 0 bridgehead atoms. The molecule has 1 aliphatic rings. The Labute approximate surface area is 85.7 Å². The summed E-state index contributed by atoms with van der Waals surface area (Å²) >= 11 is 0. The fraction of sp³-hybridized carbons (Fsp3) is 0.545. The summed E-state index contributed by atoms with van der Waals surface area (Å²) in [6.07, 6.45) is 4.83. The summed E-state index contributed by atoms with van der Waals surface area (Å²) < 4.78 is 5.41. The molecule has 1 aliphatic heterocycles. The monoisotopic (exact) mass is 194 g/mol. The second-order valence-electron chi connectivity index (χ2n) is 3.32. The summed E-state index contributed by atoms with van der Waals surface area (Å²) in [5.41, 5.74) is 1.08. The maximum absolute atomic E-state index is 5.41. The molecule has 14 heavy (non-hydrogen) atoms. The largest absolute Gasteiger partial charge is 0.489 e. The first-order valence-corrected chi connectivity index (χ1v) is 5.07. The van der Waals surface area contributed by atoms with Crippen molar-refractivity contribution in [2.75, 3.05) is 25.1 Å². The highest BCUT2D eigenvalue weighted by atomic mass is 16.5. The van der Waals surface area contributed by atoms with Gasteiger partial charge in [0.25, 0.3) is 0 Å². The van der Waals surface area contributed by atoms with E-state index in [9.17, 15) is 0 Å². The molecule has 0 fully saturated rings. The molecule has 0 spiro atoms. The normalized spacial score (nSPS) is 13.5. The molecule has 3 nitrogen and oxygen atoms in total. The average Bonchev–Trinajstić information content (AvgIpc) is 2.20. The van der Waals surface area contributed by atoms with Crippen molar-refractivity contribution in [2.45, 2.75) is 20.3 Å². The number of hydrogen-bond donors (Lipinski definition) is 0. The second kappa shape index (κ2) is 5.47. The molecule has 0 amide bonds. The summed E-state index contributed by atoms with van der Waals surface area (Å²) in [7, 11) is 2.04. The Kier molecular flexibility index (Phi) is 4.23. The molecule has 0 unspecified atom stereocenters. The van der Waals surface area contributed by atoms with E-state index in [1.54, 1.807) is 6.20 Å².